The minimum atomic E-state index is -1.48. The van der Waals surface area contributed by atoms with E-state index in [0.29, 0.717) is 12.3 Å². The SMILES string of the molecule is CCn1c(-c2cc(C(C)(C)C)cc(C(C)(C)C)c2O)nc2c(-c3[c-]c(-c4ccc([Si](C)(C)C)cn4)cc(-c4ccccc4)c3)cccc21.[Pt]. The Bertz CT molecular complexity index is 2110. The number of hydrogen-bond donors (Lipinski definition) is 1. The van der Waals surface area contributed by atoms with Gasteiger partial charge in [-0.25, -0.2) is 4.98 Å². The number of imidazole rings is 1. The smallest absolute Gasteiger partial charge is 0.144 e. The first-order valence-electron chi connectivity index (χ1n) is 17.0. The van der Waals surface area contributed by atoms with Crippen molar-refractivity contribution >= 4 is 24.3 Å². The van der Waals surface area contributed by atoms with E-state index in [1.54, 1.807) is 0 Å². The van der Waals surface area contributed by atoms with E-state index in [1.165, 1.54) is 10.8 Å². The monoisotopic (exact) mass is 845 g/mol. The van der Waals surface area contributed by atoms with E-state index in [0.717, 1.165) is 61.5 Å². The van der Waals surface area contributed by atoms with E-state index >= 15 is 0 Å². The van der Waals surface area contributed by atoms with Gasteiger partial charge in [0.05, 0.1) is 24.7 Å². The Morgan fingerprint density at radius 2 is 1.45 bits per heavy atom. The van der Waals surface area contributed by atoms with Crippen molar-refractivity contribution in [1.82, 2.24) is 14.5 Å². The van der Waals surface area contributed by atoms with Crippen LogP contribution in [0.25, 0.3) is 55.9 Å². The van der Waals surface area contributed by atoms with Crippen LogP contribution in [0.3, 0.4) is 0 Å². The molecule has 0 aliphatic carbocycles. The molecule has 0 spiro atoms. The van der Waals surface area contributed by atoms with Gasteiger partial charge in [0.15, 0.2) is 0 Å². The Hall–Kier alpha value is -3.79. The fraction of sp³-hybridized carbons (Fsp3) is 0.302. The number of benzene rings is 4. The molecule has 4 aromatic carbocycles. The molecule has 0 saturated heterocycles. The van der Waals surface area contributed by atoms with Crippen LogP contribution in [-0.4, -0.2) is 27.7 Å². The van der Waals surface area contributed by atoms with Crippen LogP contribution in [0.15, 0.2) is 91.1 Å². The maximum Gasteiger partial charge on any atom is 0.144 e. The molecule has 0 amide bonds. The van der Waals surface area contributed by atoms with Crippen LogP contribution in [0.5, 0.6) is 5.75 Å². The minimum Gasteiger partial charge on any atom is -0.507 e. The van der Waals surface area contributed by atoms with Crippen LogP contribution in [0.1, 0.15) is 59.6 Å². The summed E-state index contributed by atoms with van der Waals surface area (Å²) in [7, 11) is -1.48. The third-order valence-corrected chi connectivity index (χ3v) is 11.3. The van der Waals surface area contributed by atoms with Gasteiger partial charge in [0.25, 0.3) is 0 Å². The summed E-state index contributed by atoms with van der Waals surface area (Å²) in [5.41, 5.74) is 10.5. The predicted molar refractivity (Wildman–Crippen MR) is 206 cm³/mol. The fourth-order valence-corrected chi connectivity index (χ4v) is 7.38. The van der Waals surface area contributed by atoms with Crippen molar-refractivity contribution in [2.24, 2.45) is 0 Å². The van der Waals surface area contributed by atoms with E-state index in [-0.39, 0.29) is 31.9 Å². The van der Waals surface area contributed by atoms with Crippen molar-refractivity contribution in [3.8, 4) is 50.6 Å². The number of fused-ring (bicyclic) bond motifs is 1. The van der Waals surface area contributed by atoms with E-state index in [1.807, 2.05) is 12.3 Å². The summed E-state index contributed by atoms with van der Waals surface area (Å²) < 4.78 is 2.23. The largest absolute Gasteiger partial charge is 0.507 e. The summed E-state index contributed by atoms with van der Waals surface area (Å²) in [6.45, 7) is 23.0. The second-order valence-corrected chi connectivity index (χ2v) is 21.1. The third kappa shape index (κ3) is 7.25. The van der Waals surface area contributed by atoms with Crippen molar-refractivity contribution < 1.29 is 26.2 Å². The van der Waals surface area contributed by atoms with Crippen LogP contribution >= 0.6 is 0 Å². The van der Waals surface area contributed by atoms with Gasteiger partial charge in [-0.2, -0.15) is 0 Å². The second-order valence-electron chi connectivity index (χ2n) is 16.0. The number of phenolic OH excluding ortho intramolecular Hbond substituents is 1. The minimum absolute atomic E-state index is 0. The first-order valence-corrected chi connectivity index (χ1v) is 20.5. The number of aryl methyl sites for hydroxylation is 1. The number of aromatic nitrogens is 3. The molecule has 6 rings (SSSR count). The van der Waals surface area contributed by atoms with E-state index in [9.17, 15) is 5.11 Å². The van der Waals surface area contributed by atoms with Gasteiger partial charge in [-0.3, -0.25) is 4.98 Å². The van der Waals surface area contributed by atoms with Crippen molar-refractivity contribution in [2.75, 3.05) is 0 Å². The molecule has 0 unspecified atom stereocenters. The second kappa shape index (κ2) is 13.5. The normalized spacial score (nSPS) is 12.3. The molecule has 256 valence electrons. The summed E-state index contributed by atoms with van der Waals surface area (Å²) in [6.07, 6.45) is 2.05. The molecule has 0 aliphatic heterocycles. The van der Waals surface area contributed by atoms with E-state index < -0.39 is 8.07 Å². The standard InChI is InChI=1S/C43H48N3OSi.Pt/c1-11-46-38-19-15-18-34(39(38)45-41(46)35-25-32(42(2,3)4)26-36(40(35)47)43(5,6)7)30-22-29(28-16-13-12-14-17-28)23-31(24-30)37-21-20-33(27-44-37)48(8,9)10;/h12-23,25-27,47H,11H2,1-10H3;/q-1;. The van der Waals surface area contributed by atoms with Gasteiger partial charge >= 0.3 is 0 Å². The van der Waals surface area contributed by atoms with Crippen molar-refractivity contribution in [3.63, 3.8) is 0 Å². The molecular formula is C43H48N3OPtSi-. The molecule has 0 bridgehead atoms. The average molecular weight is 846 g/mol. The number of aromatic hydroxyl groups is 1. The van der Waals surface area contributed by atoms with Crippen molar-refractivity contribution in [3.05, 3.63) is 108 Å². The van der Waals surface area contributed by atoms with Crippen LogP contribution in [-0.2, 0) is 38.4 Å². The third-order valence-electron chi connectivity index (χ3n) is 9.29. The number of hydrogen-bond acceptors (Lipinski definition) is 3. The van der Waals surface area contributed by atoms with Crippen molar-refractivity contribution in [1.29, 1.82) is 0 Å². The Kier molecular flexibility index (Phi) is 10.0. The molecule has 1 N–H and O–H groups in total. The zero-order valence-corrected chi connectivity index (χ0v) is 33.7. The van der Waals surface area contributed by atoms with Gasteiger partial charge in [-0.1, -0.05) is 139 Å². The molecule has 4 nitrogen and oxygen atoms in total. The van der Waals surface area contributed by atoms with Crippen LogP contribution in [0.4, 0.5) is 0 Å². The fourth-order valence-electron chi connectivity index (χ4n) is 6.35. The van der Waals surface area contributed by atoms with Crippen LogP contribution in [0.2, 0.25) is 19.6 Å². The Balaban J connectivity index is 0.00000468. The van der Waals surface area contributed by atoms with Gasteiger partial charge < -0.3 is 9.67 Å². The molecule has 49 heavy (non-hydrogen) atoms. The summed E-state index contributed by atoms with van der Waals surface area (Å²) in [6, 6.07) is 33.7. The Morgan fingerprint density at radius 1 is 0.755 bits per heavy atom. The van der Waals surface area contributed by atoms with Gasteiger partial charge in [0.2, 0.25) is 0 Å². The molecule has 0 radical (unpaired) electrons. The van der Waals surface area contributed by atoms with Gasteiger partial charge in [-0.05, 0) is 46.2 Å². The quantitative estimate of drug-likeness (QED) is 0.134. The average Bonchev–Trinajstić information content (AvgIpc) is 3.42. The molecule has 0 fully saturated rings. The molecule has 0 aliphatic rings. The van der Waals surface area contributed by atoms with E-state index in [4.69, 9.17) is 9.97 Å². The predicted octanol–water partition coefficient (Wildman–Crippen LogP) is 10.8. The zero-order valence-electron chi connectivity index (χ0n) is 30.5. The molecule has 6 aromatic rings. The summed E-state index contributed by atoms with van der Waals surface area (Å²) >= 11 is 0. The Morgan fingerprint density at radius 3 is 2.04 bits per heavy atom. The van der Waals surface area contributed by atoms with E-state index in [2.05, 4.69) is 158 Å². The van der Waals surface area contributed by atoms with Crippen LogP contribution < -0.4 is 5.19 Å². The maximum absolute atomic E-state index is 11.8. The van der Waals surface area contributed by atoms with Gasteiger partial charge in [0, 0.05) is 45.1 Å². The summed E-state index contributed by atoms with van der Waals surface area (Å²) in [5.74, 6) is 1.08. The van der Waals surface area contributed by atoms with Gasteiger partial charge in [0.1, 0.15) is 11.6 Å². The first-order chi connectivity index (χ1) is 22.6. The summed E-state index contributed by atoms with van der Waals surface area (Å²) in [4.78, 5) is 10.3. The molecule has 0 atom stereocenters. The van der Waals surface area contributed by atoms with Crippen LogP contribution in [0, 0.1) is 6.07 Å². The van der Waals surface area contributed by atoms with Gasteiger partial charge in [-0.15, -0.1) is 23.8 Å². The topological polar surface area (TPSA) is 50.9 Å². The molecule has 6 heteroatoms. The number of pyridine rings is 1. The van der Waals surface area contributed by atoms with Crippen molar-refractivity contribution in [2.45, 2.75) is 85.5 Å². The Labute approximate surface area is 308 Å². The maximum atomic E-state index is 11.8. The number of nitrogens with zero attached hydrogens (tertiary/aromatic N) is 3. The summed E-state index contributed by atoms with van der Waals surface area (Å²) in [5, 5.41) is 13.2. The molecular weight excluding hydrogens is 798 g/mol. The first kappa shape index (κ1) is 36.5. The molecule has 2 heterocycles. The number of phenols is 1. The number of para-hydroxylation sites is 1. The molecule has 2 aromatic heterocycles. The zero-order chi connectivity index (χ0) is 34.6. The molecule has 0 saturated carbocycles. The number of rotatable bonds is 6.